The van der Waals surface area contributed by atoms with Gasteiger partial charge in [0.05, 0.1) is 5.75 Å². The van der Waals surface area contributed by atoms with Crippen LogP contribution in [-0.2, 0) is 9.84 Å². The fourth-order valence-corrected chi connectivity index (χ4v) is 3.98. The first kappa shape index (κ1) is 19.0. The summed E-state index contributed by atoms with van der Waals surface area (Å²) in [6.07, 6.45) is 9.28. The van der Waals surface area contributed by atoms with Crippen molar-refractivity contribution in [3.8, 4) is 0 Å². The van der Waals surface area contributed by atoms with Crippen LogP contribution < -0.4 is 5.32 Å². The van der Waals surface area contributed by atoms with Crippen molar-refractivity contribution >= 4 is 39.8 Å². The molecule has 1 aliphatic carbocycles. The van der Waals surface area contributed by atoms with E-state index >= 15 is 0 Å². The molecular formula is C14H28IN3O2S. The minimum Gasteiger partial charge on any atom is -0.355 e. The van der Waals surface area contributed by atoms with E-state index in [4.69, 9.17) is 0 Å². The van der Waals surface area contributed by atoms with Crippen LogP contribution in [0.15, 0.2) is 4.99 Å². The zero-order valence-electron chi connectivity index (χ0n) is 13.1. The van der Waals surface area contributed by atoms with Gasteiger partial charge in [-0.1, -0.05) is 19.3 Å². The quantitative estimate of drug-likeness (QED) is 0.423. The van der Waals surface area contributed by atoms with Gasteiger partial charge in [0.15, 0.2) is 5.96 Å². The van der Waals surface area contributed by atoms with Gasteiger partial charge in [0.1, 0.15) is 9.84 Å². The highest BCUT2D eigenvalue weighted by atomic mass is 127. The van der Waals surface area contributed by atoms with Gasteiger partial charge < -0.3 is 10.2 Å². The van der Waals surface area contributed by atoms with Crippen LogP contribution in [0.2, 0.25) is 0 Å². The van der Waals surface area contributed by atoms with Crippen LogP contribution in [0.1, 0.15) is 38.5 Å². The third-order valence-corrected chi connectivity index (χ3v) is 5.57. The lowest BCUT2D eigenvalue weighted by Gasteiger charge is -2.33. The van der Waals surface area contributed by atoms with Crippen molar-refractivity contribution in [3.63, 3.8) is 0 Å². The minimum absolute atomic E-state index is 0. The number of aliphatic imine (C=N–C) groups is 1. The van der Waals surface area contributed by atoms with Crippen LogP contribution in [0, 0.1) is 5.41 Å². The Kier molecular flexibility index (Phi) is 7.23. The molecule has 0 atom stereocenters. The second-order valence-corrected chi connectivity index (χ2v) is 8.60. The highest BCUT2D eigenvalue weighted by Crippen LogP contribution is 2.43. The largest absolute Gasteiger partial charge is 0.355 e. The molecule has 0 aromatic carbocycles. The van der Waals surface area contributed by atoms with E-state index in [9.17, 15) is 8.42 Å². The molecule has 0 radical (unpaired) electrons. The topological polar surface area (TPSA) is 61.8 Å². The third kappa shape index (κ3) is 5.58. The first-order valence-corrected chi connectivity index (χ1v) is 9.64. The van der Waals surface area contributed by atoms with Crippen LogP contribution in [0.4, 0.5) is 0 Å². The average Bonchev–Trinajstić information content (AvgIpc) is 2.78. The summed E-state index contributed by atoms with van der Waals surface area (Å²) in [4.78, 5) is 6.60. The number of nitrogens with zero attached hydrogens (tertiary/aromatic N) is 2. The molecule has 0 unspecified atom stereocenters. The Morgan fingerprint density at radius 2 is 1.90 bits per heavy atom. The molecule has 1 heterocycles. The maximum atomic E-state index is 11.2. The first-order chi connectivity index (χ1) is 9.44. The lowest BCUT2D eigenvalue weighted by atomic mass is 9.73. The van der Waals surface area contributed by atoms with E-state index in [1.165, 1.54) is 44.8 Å². The van der Waals surface area contributed by atoms with Crippen LogP contribution in [0.3, 0.4) is 0 Å². The zero-order valence-corrected chi connectivity index (χ0v) is 16.2. The van der Waals surface area contributed by atoms with Gasteiger partial charge >= 0.3 is 0 Å². The summed E-state index contributed by atoms with van der Waals surface area (Å²) in [7, 11) is -1.14. The van der Waals surface area contributed by atoms with E-state index < -0.39 is 9.84 Å². The van der Waals surface area contributed by atoms with Gasteiger partial charge in [-0.2, -0.15) is 0 Å². The Bertz CT molecular complexity index is 459. The predicted molar refractivity (Wildman–Crippen MR) is 98.2 cm³/mol. The number of sulfone groups is 1. The predicted octanol–water partition coefficient (Wildman–Crippen LogP) is 1.88. The maximum absolute atomic E-state index is 11.2. The number of likely N-dealkylation sites (tertiary alicyclic amines) is 1. The second-order valence-electron chi connectivity index (χ2n) is 6.34. The molecule has 2 aliphatic rings. The molecule has 0 amide bonds. The molecule has 0 bridgehead atoms. The molecule has 21 heavy (non-hydrogen) atoms. The number of halogens is 1. The van der Waals surface area contributed by atoms with Crippen molar-refractivity contribution in [2.24, 2.45) is 10.4 Å². The normalized spacial score (nSPS) is 22.2. The highest BCUT2D eigenvalue weighted by molar-refractivity contribution is 14.0. The number of hydrogen-bond acceptors (Lipinski definition) is 3. The summed E-state index contributed by atoms with van der Waals surface area (Å²) in [6, 6.07) is 0. The summed E-state index contributed by atoms with van der Waals surface area (Å²) >= 11 is 0. The maximum Gasteiger partial charge on any atom is 0.193 e. The molecule has 5 nitrogen and oxygen atoms in total. The molecule has 2 rings (SSSR count). The van der Waals surface area contributed by atoms with Crippen molar-refractivity contribution < 1.29 is 8.42 Å². The summed E-state index contributed by atoms with van der Waals surface area (Å²) in [6.45, 7) is 2.55. The molecule has 1 spiro atoms. The molecule has 0 aromatic rings. The molecule has 1 N–H and O–H groups in total. The second kappa shape index (κ2) is 7.99. The van der Waals surface area contributed by atoms with Gasteiger partial charge in [0.2, 0.25) is 0 Å². The Morgan fingerprint density at radius 3 is 2.48 bits per heavy atom. The van der Waals surface area contributed by atoms with Crippen molar-refractivity contribution in [1.29, 1.82) is 0 Å². The van der Waals surface area contributed by atoms with Crippen LogP contribution in [0.25, 0.3) is 0 Å². The van der Waals surface area contributed by atoms with Gasteiger partial charge in [-0.25, -0.2) is 8.42 Å². The lowest BCUT2D eigenvalue weighted by Crippen LogP contribution is -2.43. The number of hydrogen-bond donors (Lipinski definition) is 1. The fourth-order valence-electron chi connectivity index (χ4n) is 3.51. The standard InChI is InChI=1S/C14H27N3O2S.HI/c1-15-13(16-9-11-20(2,18)19)17-10-8-14(12-17)6-4-3-5-7-14;/h3-12H2,1-2H3,(H,15,16);1H. The van der Waals surface area contributed by atoms with Gasteiger partial charge in [-0.3, -0.25) is 4.99 Å². The number of nitrogens with one attached hydrogen (secondary N) is 1. The van der Waals surface area contributed by atoms with E-state index in [0.29, 0.717) is 12.0 Å². The molecule has 1 aliphatic heterocycles. The molecule has 124 valence electrons. The van der Waals surface area contributed by atoms with E-state index in [0.717, 1.165) is 19.0 Å². The Labute approximate surface area is 145 Å². The molecule has 1 saturated heterocycles. The van der Waals surface area contributed by atoms with Crippen LogP contribution in [-0.4, -0.2) is 58.0 Å². The number of rotatable bonds is 3. The van der Waals surface area contributed by atoms with Crippen molar-refractivity contribution in [2.45, 2.75) is 38.5 Å². The third-order valence-electron chi connectivity index (χ3n) is 4.62. The SMILES string of the molecule is CN=C(NCCS(C)(=O)=O)N1CCC2(CCCCC2)C1.I. The van der Waals surface area contributed by atoms with Gasteiger partial charge in [0.25, 0.3) is 0 Å². The van der Waals surface area contributed by atoms with Crippen LogP contribution >= 0.6 is 24.0 Å². The molecule has 0 aromatic heterocycles. The van der Waals surface area contributed by atoms with Crippen molar-refractivity contribution in [2.75, 3.05) is 38.7 Å². The summed E-state index contributed by atoms with van der Waals surface area (Å²) in [5.41, 5.74) is 0.493. The summed E-state index contributed by atoms with van der Waals surface area (Å²) in [5, 5.41) is 3.19. The Hall–Kier alpha value is -0.0500. The van der Waals surface area contributed by atoms with E-state index in [-0.39, 0.29) is 29.7 Å². The van der Waals surface area contributed by atoms with Gasteiger partial charge in [0, 0.05) is 32.9 Å². The fraction of sp³-hybridized carbons (Fsp3) is 0.929. The Morgan fingerprint density at radius 1 is 1.24 bits per heavy atom. The minimum atomic E-state index is -2.91. The van der Waals surface area contributed by atoms with Crippen molar-refractivity contribution in [1.82, 2.24) is 10.2 Å². The number of guanidine groups is 1. The Balaban J connectivity index is 0.00000220. The first-order valence-electron chi connectivity index (χ1n) is 7.57. The molecule has 1 saturated carbocycles. The van der Waals surface area contributed by atoms with Crippen LogP contribution in [0.5, 0.6) is 0 Å². The lowest BCUT2D eigenvalue weighted by molar-refractivity contribution is 0.203. The molecular weight excluding hydrogens is 401 g/mol. The van der Waals surface area contributed by atoms with Gasteiger partial charge in [-0.05, 0) is 24.7 Å². The van der Waals surface area contributed by atoms with Gasteiger partial charge in [-0.15, -0.1) is 24.0 Å². The highest BCUT2D eigenvalue weighted by Gasteiger charge is 2.39. The van der Waals surface area contributed by atoms with E-state index in [1.807, 2.05) is 0 Å². The van der Waals surface area contributed by atoms with Crippen molar-refractivity contribution in [3.05, 3.63) is 0 Å². The monoisotopic (exact) mass is 429 g/mol. The zero-order chi connectivity index (χ0) is 14.6. The smallest absolute Gasteiger partial charge is 0.193 e. The van der Waals surface area contributed by atoms with E-state index in [1.54, 1.807) is 7.05 Å². The molecule has 7 heteroatoms. The van der Waals surface area contributed by atoms with E-state index in [2.05, 4.69) is 15.2 Å². The summed E-state index contributed by atoms with van der Waals surface area (Å²) < 4.78 is 22.3. The summed E-state index contributed by atoms with van der Waals surface area (Å²) in [5.74, 6) is 1.02. The average molecular weight is 429 g/mol. The molecule has 2 fully saturated rings.